The molecule has 1 saturated heterocycles. The molecule has 2 aromatic rings. The van der Waals surface area contributed by atoms with Gasteiger partial charge in [-0.05, 0) is 14.0 Å². The Hall–Kier alpha value is -2.56. The van der Waals surface area contributed by atoms with Gasteiger partial charge in [0.15, 0.2) is 17.3 Å². The van der Waals surface area contributed by atoms with E-state index in [0.29, 0.717) is 6.42 Å². The van der Waals surface area contributed by atoms with Gasteiger partial charge in [0, 0.05) is 25.6 Å². The predicted octanol–water partition coefficient (Wildman–Crippen LogP) is 2.36. The third-order valence-electron chi connectivity index (χ3n) is 3.93. The Morgan fingerprint density at radius 3 is 2.92 bits per heavy atom. The van der Waals surface area contributed by atoms with Crippen LogP contribution in [-0.2, 0) is 0 Å². The number of nitrogens with one attached hydrogen (secondary N) is 2. The van der Waals surface area contributed by atoms with Crippen LogP contribution in [0.25, 0.3) is 0 Å². The molecule has 2 atom stereocenters. The van der Waals surface area contributed by atoms with Gasteiger partial charge in [0.2, 0.25) is 11.8 Å². The fourth-order valence-corrected chi connectivity index (χ4v) is 2.80. The summed E-state index contributed by atoms with van der Waals surface area (Å²) in [6, 6.07) is 1.25. The quantitative estimate of drug-likeness (QED) is 0.805. The van der Waals surface area contributed by atoms with E-state index in [1.807, 2.05) is 11.9 Å². The molecule has 0 saturated carbocycles. The molecule has 1 aliphatic heterocycles. The zero-order chi connectivity index (χ0) is 18.7. The van der Waals surface area contributed by atoms with E-state index >= 15 is 0 Å². The summed E-state index contributed by atoms with van der Waals surface area (Å²) in [5, 5.41) is 8.86. The molecular formula is C15H19F3N6O2. The molecule has 8 nitrogen and oxygen atoms in total. The van der Waals surface area contributed by atoms with Gasteiger partial charge in [0.1, 0.15) is 6.10 Å². The summed E-state index contributed by atoms with van der Waals surface area (Å²) in [6.45, 7) is -0.472. The molecule has 0 bridgehead atoms. The highest BCUT2D eigenvalue weighted by molar-refractivity contribution is 5.52. The Labute approximate surface area is 147 Å². The molecular weight excluding hydrogens is 353 g/mol. The fourth-order valence-electron chi connectivity index (χ4n) is 2.80. The Balaban J connectivity index is 1.65. The van der Waals surface area contributed by atoms with Crippen molar-refractivity contribution in [3.8, 4) is 11.8 Å². The van der Waals surface area contributed by atoms with Crippen LogP contribution in [0, 0.1) is 0 Å². The molecule has 3 heterocycles. The molecule has 1 fully saturated rings. The number of aromatic nitrogens is 4. The first kappa shape index (κ1) is 18.2. The first-order chi connectivity index (χ1) is 12.3. The van der Waals surface area contributed by atoms with Crippen molar-refractivity contribution < 1.29 is 22.6 Å². The second-order valence-electron chi connectivity index (χ2n) is 6.27. The standard InChI is InChI=1S/C15H19F3N6O2/c1-15(18)8-24(2)4-3-9(15)25-13-7-19-6-11(21-13)20-10-5-12(23-22-10)26-14(16)17/h5-7,9,14H,3-4,8H2,1-2H3,(H2,20,21,22,23)/t9-,15-/m1/s1. The van der Waals surface area contributed by atoms with Crippen molar-refractivity contribution in [2.45, 2.75) is 31.7 Å². The number of alkyl halides is 3. The lowest BCUT2D eigenvalue weighted by atomic mass is 9.93. The largest absolute Gasteiger partial charge is 0.470 e. The SMILES string of the molecule is CN1CC[C@@H](Oc2cncc(Nc3cc(OC(F)F)[nH]n3)n2)[C@](C)(F)C1. The normalized spacial score (nSPS) is 23.8. The van der Waals surface area contributed by atoms with Gasteiger partial charge < -0.3 is 19.7 Å². The van der Waals surface area contributed by atoms with E-state index in [2.05, 4.69) is 30.2 Å². The van der Waals surface area contributed by atoms with Gasteiger partial charge >= 0.3 is 6.61 Å². The minimum Gasteiger partial charge on any atom is -0.470 e. The highest BCUT2D eigenvalue weighted by atomic mass is 19.3. The van der Waals surface area contributed by atoms with Gasteiger partial charge in [-0.3, -0.25) is 4.98 Å². The molecule has 0 aromatic carbocycles. The van der Waals surface area contributed by atoms with Crippen LogP contribution >= 0.6 is 0 Å². The van der Waals surface area contributed by atoms with Crippen LogP contribution in [0.1, 0.15) is 13.3 Å². The second-order valence-corrected chi connectivity index (χ2v) is 6.27. The summed E-state index contributed by atoms with van der Waals surface area (Å²) in [5.41, 5.74) is -1.51. The number of hydrogen-bond acceptors (Lipinski definition) is 7. The lowest BCUT2D eigenvalue weighted by molar-refractivity contribution is -0.0528. The van der Waals surface area contributed by atoms with Crippen LogP contribution in [0.15, 0.2) is 18.5 Å². The van der Waals surface area contributed by atoms with Gasteiger partial charge in [-0.2, -0.15) is 18.9 Å². The first-order valence-electron chi connectivity index (χ1n) is 7.95. The second kappa shape index (κ2) is 7.36. The summed E-state index contributed by atoms with van der Waals surface area (Å²) in [7, 11) is 1.86. The van der Waals surface area contributed by atoms with Gasteiger partial charge in [-0.25, -0.2) is 9.49 Å². The summed E-state index contributed by atoms with van der Waals surface area (Å²) in [5.74, 6) is 0.447. The number of ether oxygens (including phenoxy) is 2. The average Bonchev–Trinajstić information content (AvgIpc) is 2.96. The maximum absolute atomic E-state index is 14.7. The molecule has 142 valence electrons. The summed E-state index contributed by atoms with van der Waals surface area (Å²) >= 11 is 0. The molecule has 0 amide bonds. The van der Waals surface area contributed by atoms with E-state index in [-0.39, 0.29) is 29.9 Å². The van der Waals surface area contributed by atoms with Crippen molar-refractivity contribution in [3.05, 3.63) is 18.5 Å². The highest BCUT2D eigenvalue weighted by Gasteiger charge is 2.41. The van der Waals surface area contributed by atoms with Crippen molar-refractivity contribution in [2.75, 3.05) is 25.5 Å². The fraction of sp³-hybridized carbons (Fsp3) is 0.533. The zero-order valence-corrected chi connectivity index (χ0v) is 14.2. The molecule has 3 rings (SSSR count). The molecule has 0 spiro atoms. The number of hydrogen-bond donors (Lipinski definition) is 2. The summed E-state index contributed by atoms with van der Waals surface area (Å²) in [6.07, 6.45) is 2.67. The zero-order valence-electron chi connectivity index (χ0n) is 14.2. The van der Waals surface area contributed by atoms with Gasteiger partial charge in [-0.15, -0.1) is 0 Å². The Bertz CT molecular complexity index is 742. The number of rotatable bonds is 6. The van der Waals surface area contributed by atoms with Gasteiger partial charge in [0.25, 0.3) is 0 Å². The van der Waals surface area contributed by atoms with Crippen LogP contribution < -0.4 is 14.8 Å². The van der Waals surface area contributed by atoms with E-state index in [4.69, 9.17) is 4.74 Å². The van der Waals surface area contributed by atoms with Crippen molar-refractivity contribution in [2.24, 2.45) is 0 Å². The molecule has 2 N–H and O–H groups in total. The van der Waals surface area contributed by atoms with Crippen LogP contribution in [0.2, 0.25) is 0 Å². The third kappa shape index (κ3) is 4.54. The Kier molecular flexibility index (Phi) is 5.16. The van der Waals surface area contributed by atoms with E-state index < -0.39 is 18.4 Å². The van der Waals surface area contributed by atoms with Crippen LogP contribution in [-0.4, -0.2) is 63.6 Å². The topological polar surface area (TPSA) is 88.2 Å². The number of nitrogens with zero attached hydrogens (tertiary/aromatic N) is 4. The average molecular weight is 372 g/mol. The van der Waals surface area contributed by atoms with E-state index in [1.165, 1.54) is 25.4 Å². The summed E-state index contributed by atoms with van der Waals surface area (Å²) < 4.78 is 48.9. The minimum absolute atomic E-state index is 0.160. The molecule has 0 unspecified atom stereocenters. The van der Waals surface area contributed by atoms with E-state index in [9.17, 15) is 13.2 Å². The smallest absolute Gasteiger partial charge is 0.388 e. The van der Waals surface area contributed by atoms with Crippen molar-refractivity contribution in [1.82, 2.24) is 25.1 Å². The predicted molar refractivity (Wildman–Crippen MR) is 86.6 cm³/mol. The molecule has 2 aromatic heterocycles. The maximum atomic E-state index is 14.7. The van der Waals surface area contributed by atoms with Crippen molar-refractivity contribution >= 4 is 11.6 Å². The number of H-pyrrole nitrogens is 1. The number of piperidine rings is 1. The van der Waals surface area contributed by atoms with E-state index in [0.717, 1.165) is 6.54 Å². The van der Waals surface area contributed by atoms with Crippen LogP contribution in [0.5, 0.6) is 11.8 Å². The Morgan fingerprint density at radius 2 is 2.19 bits per heavy atom. The van der Waals surface area contributed by atoms with Crippen LogP contribution in [0.3, 0.4) is 0 Å². The number of anilines is 2. The van der Waals surface area contributed by atoms with Gasteiger partial charge in [0.05, 0.1) is 12.4 Å². The monoisotopic (exact) mass is 372 g/mol. The molecule has 1 aliphatic rings. The van der Waals surface area contributed by atoms with Crippen molar-refractivity contribution in [1.29, 1.82) is 0 Å². The lowest BCUT2D eigenvalue weighted by Gasteiger charge is -2.39. The van der Waals surface area contributed by atoms with Crippen molar-refractivity contribution in [3.63, 3.8) is 0 Å². The Morgan fingerprint density at radius 1 is 1.38 bits per heavy atom. The molecule has 11 heteroatoms. The summed E-state index contributed by atoms with van der Waals surface area (Å²) in [4.78, 5) is 10.1. The molecule has 0 radical (unpaired) electrons. The van der Waals surface area contributed by atoms with Crippen LogP contribution in [0.4, 0.5) is 24.8 Å². The molecule has 26 heavy (non-hydrogen) atoms. The van der Waals surface area contributed by atoms with Gasteiger partial charge in [-0.1, -0.05) is 0 Å². The first-order valence-corrected chi connectivity index (χ1v) is 7.95. The number of halogens is 3. The third-order valence-corrected chi connectivity index (χ3v) is 3.93. The maximum Gasteiger partial charge on any atom is 0.388 e. The highest BCUT2D eigenvalue weighted by Crippen LogP contribution is 2.28. The number of likely N-dealkylation sites (tertiary alicyclic amines) is 1. The number of aromatic amines is 1. The molecule has 0 aliphatic carbocycles. The minimum atomic E-state index is -2.95. The van der Waals surface area contributed by atoms with E-state index in [1.54, 1.807) is 0 Å². The lowest BCUT2D eigenvalue weighted by Crippen LogP contribution is -2.53.